The van der Waals surface area contributed by atoms with Crippen LogP contribution >= 0.6 is 0 Å². The molecule has 134 valence electrons. The van der Waals surface area contributed by atoms with Gasteiger partial charge in [-0.1, -0.05) is 38.5 Å². The average Bonchev–Trinajstić information content (AvgIpc) is 2.71. The number of amides is 3. The first kappa shape index (κ1) is 17.6. The second-order valence-corrected chi connectivity index (χ2v) is 8.24. The normalized spacial score (nSPS) is 27.6. The van der Waals surface area contributed by atoms with Crippen LogP contribution in [0.1, 0.15) is 44.7 Å². The number of nitrogens with one attached hydrogen (secondary N) is 1. The Morgan fingerprint density at radius 2 is 1.92 bits per heavy atom. The molecule has 1 aliphatic heterocycles. The van der Waals surface area contributed by atoms with Crippen LogP contribution in [0.3, 0.4) is 0 Å². The van der Waals surface area contributed by atoms with Crippen LogP contribution in [-0.2, 0) is 14.4 Å². The molecular formula is C20H26N2O3. The Morgan fingerprint density at radius 3 is 2.56 bits per heavy atom. The molecule has 1 heterocycles. The Kier molecular flexibility index (Phi) is 4.01. The molecule has 0 aromatic heterocycles. The third-order valence-corrected chi connectivity index (χ3v) is 6.47. The van der Waals surface area contributed by atoms with Crippen LogP contribution in [0.2, 0.25) is 0 Å². The van der Waals surface area contributed by atoms with Gasteiger partial charge in [0.25, 0.3) is 0 Å². The number of aryl methyl sites for hydroxylation is 2. The summed E-state index contributed by atoms with van der Waals surface area (Å²) < 4.78 is 0. The molecule has 2 unspecified atom stereocenters. The predicted molar refractivity (Wildman–Crippen MR) is 95.9 cm³/mol. The van der Waals surface area contributed by atoms with Crippen molar-refractivity contribution in [3.05, 3.63) is 29.3 Å². The maximum absolute atomic E-state index is 13.0. The van der Waals surface area contributed by atoms with E-state index in [1.54, 1.807) is 0 Å². The second kappa shape index (κ2) is 5.68. The van der Waals surface area contributed by atoms with Crippen molar-refractivity contribution < 1.29 is 14.4 Å². The third-order valence-electron chi connectivity index (χ3n) is 6.47. The largest absolute Gasteiger partial charge is 0.324 e. The Bertz CT molecular complexity index is 768. The van der Waals surface area contributed by atoms with Crippen molar-refractivity contribution in [2.45, 2.75) is 47.5 Å². The summed E-state index contributed by atoms with van der Waals surface area (Å²) in [5.41, 5.74) is 1.84. The summed E-state index contributed by atoms with van der Waals surface area (Å²) in [5, 5.41) is 2.82. The fraction of sp³-hybridized carbons (Fsp3) is 0.550. The monoisotopic (exact) mass is 342 g/mol. The Labute approximate surface area is 148 Å². The van der Waals surface area contributed by atoms with E-state index in [1.165, 1.54) is 4.90 Å². The van der Waals surface area contributed by atoms with Crippen molar-refractivity contribution in [2.24, 2.45) is 16.7 Å². The van der Waals surface area contributed by atoms with Gasteiger partial charge in [0.1, 0.15) is 6.54 Å². The van der Waals surface area contributed by atoms with Gasteiger partial charge in [0.15, 0.2) is 0 Å². The zero-order valence-electron chi connectivity index (χ0n) is 15.6. The third kappa shape index (κ3) is 2.57. The zero-order valence-corrected chi connectivity index (χ0v) is 15.6. The van der Waals surface area contributed by atoms with E-state index in [4.69, 9.17) is 0 Å². The molecule has 5 heteroatoms. The van der Waals surface area contributed by atoms with Crippen molar-refractivity contribution in [2.75, 3.05) is 11.9 Å². The molecule has 1 N–H and O–H groups in total. The summed E-state index contributed by atoms with van der Waals surface area (Å²) >= 11 is 0. The van der Waals surface area contributed by atoms with Crippen molar-refractivity contribution in [3.63, 3.8) is 0 Å². The van der Waals surface area contributed by atoms with E-state index in [-0.39, 0.29) is 35.6 Å². The molecule has 3 rings (SSSR count). The van der Waals surface area contributed by atoms with E-state index in [1.807, 2.05) is 52.8 Å². The molecule has 2 fully saturated rings. The second-order valence-electron chi connectivity index (χ2n) is 8.24. The average molecular weight is 342 g/mol. The molecule has 1 saturated heterocycles. The predicted octanol–water partition coefficient (Wildman–Crippen LogP) is 3.05. The Balaban J connectivity index is 1.78. The minimum absolute atomic E-state index is 0.191. The molecule has 2 aliphatic rings. The fourth-order valence-corrected chi connectivity index (χ4v) is 4.34. The van der Waals surface area contributed by atoms with Gasteiger partial charge < -0.3 is 5.32 Å². The number of nitrogens with zero attached hydrogens (tertiary/aromatic N) is 1. The maximum atomic E-state index is 13.0. The lowest BCUT2D eigenvalue weighted by molar-refractivity contribution is -0.168. The molecule has 1 saturated carbocycles. The van der Waals surface area contributed by atoms with Gasteiger partial charge in [0, 0.05) is 11.6 Å². The molecule has 0 radical (unpaired) electrons. The number of piperidine rings is 1. The van der Waals surface area contributed by atoms with E-state index in [0.29, 0.717) is 18.5 Å². The number of anilines is 1. The number of hydrogen-bond donors (Lipinski definition) is 1. The van der Waals surface area contributed by atoms with Crippen LogP contribution < -0.4 is 5.32 Å². The molecular weight excluding hydrogens is 316 g/mol. The van der Waals surface area contributed by atoms with Crippen LogP contribution in [0.4, 0.5) is 5.69 Å². The lowest BCUT2D eigenvalue weighted by atomic mass is 9.62. The van der Waals surface area contributed by atoms with Gasteiger partial charge in [-0.3, -0.25) is 19.3 Å². The molecule has 2 atom stereocenters. The molecule has 0 spiro atoms. The summed E-state index contributed by atoms with van der Waals surface area (Å²) in [4.78, 5) is 39.4. The summed E-state index contributed by atoms with van der Waals surface area (Å²) in [6.45, 7) is 9.61. The van der Waals surface area contributed by atoms with Gasteiger partial charge >= 0.3 is 0 Å². The number of rotatable bonds is 3. The highest BCUT2D eigenvalue weighted by molar-refractivity contribution is 6.07. The summed E-state index contributed by atoms with van der Waals surface area (Å²) in [6.07, 6.45) is 1.41. The van der Waals surface area contributed by atoms with Crippen LogP contribution in [0.25, 0.3) is 0 Å². The standard InChI is InChI=1S/C20H26N2O3/c1-12-6-7-15(13(2)10-12)21-16(23)11-22-17(24)14-8-9-20(5,18(22)25)19(14,3)4/h6-7,10,14H,8-9,11H2,1-5H3,(H,21,23). The smallest absolute Gasteiger partial charge is 0.244 e. The quantitative estimate of drug-likeness (QED) is 0.859. The lowest BCUT2D eigenvalue weighted by Crippen LogP contribution is -2.60. The zero-order chi connectivity index (χ0) is 18.6. The lowest BCUT2D eigenvalue weighted by Gasteiger charge is -2.47. The maximum Gasteiger partial charge on any atom is 0.244 e. The van der Waals surface area contributed by atoms with E-state index < -0.39 is 5.41 Å². The highest BCUT2D eigenvalue weighted by Gasteiger charge is 2.64. The minimum atomic E-state index is -0.578. The van der Waals surface area contributed by atoms with Gasteiger partial charge in [-0.15, -0.1) is 0 Å². The van der Waals surface area contributed by atoms with Gasteiger partial charge in [-0.25, -0.2) is 0 Å². The van der Waals surface area contributed by atoms with Crippen LogP contribution in [0.5, 0.6) is 0 Å². The summed E-state index contributed by atoms with van der Waals surface area (Å²) in [6, 6.07) is 5.75. The van der Waals surface area contributed by atoms with Gasteiger partial charge in [-0.05, 0) is 43.7 Å². The number of carbonyl (C=O) groups is 3. The summed E-state index contributed by atoms with van der Waals surface area (Å²) in [7, 11) is 0. The molecule has 2 bridgehead atoms. The first-order valence-electron chi connectivity index (χ1n) is 8.81. The molecule has 1 aromatic rings. The number of hydrogen-bond acceptors (Lipinski definition) is 3. The van der Waals surface area contributed by atoms with Crippen LogP contribution in [-0.4, -0.2) is 29.2 Å². The molecule has 3 amide bonds. The van der Waals surface area contributed by atoms with Crippen molar-refractivity contribution in [1.82, 2.24) is 4.90 Å². The Morgan fingerprint density at radius 1 is 1.24 bits per heavy atom. The molecule has 1 aromatic carbocycles. The van der Waals surface area contributed by atoms with E-state index in [9.17, 15) is 14.4 Å². The van der Waals surface area contributed by atoms with Crippen molar-refractivity contribution in [1.29, 1.82) is 0 Å². The SMILES string of the molecule is Cc1ccc(NC(=O)CN2C(=O)C3CCC(C)(C2=O)C3(C)C)c(C)c1. The number of fused-ring (bicyclic) bond motifs is 2. The Hall–Kier alpha value is -2.17. The van der Waals surface area contributed by atoms with Gasteiger partial charge in [0.05, 0.1) is 5.41 Å². The highest BCUT2D eigenvalue weighted by Crippen LogP contribution is 2.59. The number of benzene rings is 1. The number of carbonyl (C=O) groups excluding carboxylic acids is 3. The molecule has 1 aliphatic carbocycles. The highest BCUT2D eigenvalue weighted by atomic mass is 16.2. The molecule has 25 heavy (non-hydrogen) atoms. The topological polar surface area (TPSA) is 66.5 Å². The van der Waals surface area contributed by atoms with Crippen molar-refractivity contribution >= 4 is 23.4 Å². The van der Waals surface area contributed by atoms with E-state index in [2.05, 4.69) is 5.32 Å². The summed E-state index contributed by atoms with van der Waals surface area (Å²) in [5.74, 6) is -0.951. The minimum Gasteiger partial charge on any atom is -0.324 e. The van der Waals surface area contributed by atoms with E-state index in [0.717, 1.165) is 11.1 Å². The van der Waals surface area contributed by atoms with Gasteiger partial charge in [0.2, 0.25) is 17.7 Å². The molecule has 5 nitrogen and oxygen atoms in total. The first-order valence-corrected chi connectivity index (χ1v) is 8.81. The first-order chi connectivity index (χ1) is 11.6. The van der Waals surface area contributed by atoms with Gasteiger partial charge in [-0.2, -0.15) is 0 Å². The van der Waals surface area contributed by atoms with Crippen LogP contribution in [0, 0.1) is 30.6 Å². The van der Waals surface area contributed by atoms with Crippen molar-refractivity contribution in [3.8, 4) is 0 Å². The number of likely N-dealkylation sites (tertiary alicyclic amines) is 1. The van der Waals surface area contributed by atoms with E-state index >= 15 is 0 Å². The number of imide groups is 1. The van der Waals surface area contributed by atoms with Crippen LogP contribution in [0.15, 0.2) is 18.2 Å². The fourth-order valence-electron chi connectivity index (χ4n) is 4.34.